The summed E-state index contributed by atoms with van der Waals surface area (Å²) < 4.78 is 2.24. The van der Waals surface area contributed by atoms with Crippen molar-refractivity contribution in [3.63, 3.8) is 0 Å². The Morgan fingerprint density at radius 1 is 1.25 bits per heavy atom. The molecule has 4 rings (SSSR count). The predicted octanol–water partition coefficient (Wildman–Crippen LogP) is 3.65. The SMILES string of the molecule is OC(c1ccn(CC2Cc3ccccc3S2)c1)C1CC1. The number of hydrogen-bond acceptors (Lipinski definition) is 2. The molecule has 0 bridgehead atoms. The van der Waals surface area contributed by atoms with Crippen LogP contribution in [0.1, 0.15) is 30.1 Å². The van der Waals surface area contributed by atoms with Crippen molar-refractivity contribution in [1.82, 2.24) is 4.57 Å². The van der Waals surface area contributed by atoms with Crippen molar-refractivity contribution >= 4 is 11.8 Å². The second-order valence-electron chi connectivity index (χ2n) is 5.98. The van der Waals surface area contributed by atoms with Gasteiger partial charge in [0, 0.05) is 29.1 Å². The standard InChI is InChI=1S/C17H19NOS/c19-17(12-5-6-12)14-7-8-18(10-14)11-15-9-13-3-1-2-4-16(13)20-15/h1-4,7-8,10,12,15,17,19H,5-6,9,11H2. The fraction of sp³-hybridized carbons (Fsp3) is 0.412. The lowest BCUT2D eigenvalue weighted by Gasteiger charge is -2.10. The monoisotopic (exact) mass is 285 g/mol. The van der Waals surface area contributed by atoms with Gasteiger partial charge in [-0.3, -0.25) is 0 Å². The molecule has 0 amide bonds. The number of hydrogen-bond donors (Lipinski definition) is 1. The largest absolute Gasteiger partial charge is 0.388 e. The maximum Gasteiger partial charge on any atom is 0.0832 e. The van der Waals surface area contributed by atoms with E-state index in [9.17, 15) is 5.11 Å². The van der Waals surface area contributed by atoms with E-state index in [1.54, 1.807) is 0 Å². The van der Waals surface area contributed by atoms with Gasteiger partial charge in [0.05, 0.1) is 6.10 Å². The van der Waals surface area contributed by atoms with E-state index in [-0.39, 0.29) is 6.10 Å². The Morgan fingerprint density at radius 2 is 2.10 bits per heavy atom. The smallest absolute Gasteiger partial charge is 0.0832 e. The summed E-state index contributed by atoms with van der Waals surface area (Å²) in [4.78, 5) is 1.43. The molecule has 1 aromatic heterocycles. The van der Waals surface area contributed by atoms with Gasteiger partial charge in [0.1, 0.15) is 0 Å². The lowest BCUT2D eigenvalue weighted by atomic mass is 10.1. The van der Waals surface area contributed by atoms with Crippen LogP contribution in [0.3, 0.4) is 0 Å². The number of benzene rings is 1. The van der Waals surface area contributed by atoms with Crippen LogP contribution in [0.4, 0.5) is 0 Å². The average Bonchev–Trinajstić information content (AvgIpc) is 3.07. The lowest BCUT2D eigenvalue weighted by Crippen LogP contribution is -2.10. The van der Waals surface area contributed by atoms with Crippen LogP contribution in [0.15, 0.2) is 47.6 Å². The molecule has 2 aromatic rings. The summed E-state index contributed by atoms with van der Waals surface area (Å²) in [6.07, 6.45) is 7.52. The van der Waals surface area contributed by atoms with Crippen LogP contribution in [0, 0.1) is 5.92 Å². The molecular formula is C17H19NOS. The average molecular weight is 285 g/mol. The van der Waals surface area contributed by atoms with Gasteiger partial charge in [-0.05, 0) is 48.4 Å². The number of aliphatic hydroxyl groups is 1. The summed E-state index contributed by atoms with van der Waals surface area (Å²) in [6.45, 7) is 1.02. The first-order valence-corrected chi connectivity index (χ1v) is 8.26. The number of fused-ring (bicyclic) bond motifs is 1. The first-order valence-electron chi connectivity index (χ1n) is 7.38. The summed E-state index contributed by atoms with van der Waals surface area (Å²) in [7, 11) is 0. The summed E-state index contributed by atoms with van der Waals surface area (Å²) in [5.74, 6) is 0.510. The molecule has 1 aliphatic heterocycles. The van der Waals surface area contributed by atoms with E-state index in [1.807, 2.05) is 11.8 Å². The molecule has 2 atom stereocenters. The summed E-state index contributed by atoms with van der Waals surface area (Å²) >= 11 is 1.98. The molecule has 3 heteroatoms. The molecule has 1 fully saturated rings. The maximum atomic E-state index is 10.2. The van der Waals surface area contributed by atoms with Crippen molar-refractivity contribution in [1.29, 1.82) is 0 Å². The van der Waals surface area contributed by atoms with E-state index in [0.717, 1.165) is 18.5 Å². The fourth-order valence-corrected chi connectivity index (χ4v) is 4.35. The molecule has 1 aromatic carbocycles. The van der Waals surface area contributed by atoms with E-state index in [0.29, 0.717) is 11.2 Å². The fourth-order valence-electron chi connectivity index (χ4n) is 3.02. The molecule has 1 N–H and O–H groups in total. The highest BCUT2D eigenvalue weighted by Crippen LogP contribution is 2.41. The normalized spacial score (nSPS) is 22.8. The zero-order valence-electron chi connectivity index (χ0n) is 11.4. The van der Waals surface area contributed by atoms with Gasteiger partial charge < -0.3 is 9.67 Å². The van der Waals surface area contributed by atoms with Crippen LogP contribution >= 0.6 is 11.8 Å². The van der Waals surface area contributed by atoms with Gasteiger partial charge >= 0.3 is 0 Å². The van der Waals surface area contributed by atoms with Crippen LogP contribution < -0.4 is 0 Å². The molecule has 104 valence electrons. The van der Waals surface area contributed by atoms with E-state index < -0.39 is 0 Å². The third-order valence-electron chi connectivity index (χ3n) is 4.31. The molecule has 2 heterocycles. The minimum absolute atomic E-state index is 0.246. The minimum Gasteiger partial charge on any atom is -0.388 e. The van der Waals surface area contributed by atoms with Crippen LogP contribution in [0.5, 0.6) is 0 Å². The number of aliphatic hydroxyl groups excluding tert-OH is 1. The van der Waals surface area contributed by atoms with Gasteiger partial charge in [0.25, 0.3) is 0 Å². The Balaban J connectivity index is 1.43. The number of thioether (sulfide) groups is 1. The Kier molecular flexibility index (Phi) is 3.12. The van der Waals surface area contributed by atoms with Gasteiger partial charge in [-0.1, -0.05) is 18.2 Å². The second-order valence-corrected chi connectivity index (χ2v) is 7.32. The molecule has 0 radical (unpaired) electrons. The third kappa shape index (κ3) is 2.40. The van der Waals surface area contributed by atoms with Gasteiger partial charge in [-0.2, -0.15) is 0 Å². The molecule has 2 aliphatic rings. The molecular weight excluding hydrogens is 266 g/mol. The number of nitrogens with zero attached hydrogens (tertiary/aromatic N) is 1. The van der Waals surface area contributed by atoms with E-state index >= 15 is 0 Å². The molecule has 20 heavy (non-hydrogen) atoms. The van der Waals surface area contributed by atoms with Crippen molar-refractivity contribution < 1.29 is 5.11 Å². The maximum absolute atomic E-state index is 10.2. The first-order chi connectivity index (χ1) is 9.79. The Morgan fingerprint density at radius 3 is 2.90 bits per heavy atom. The van der Waals surface area contributed by atoms with E-state index in [1.165, 1.54) is 23.3 Å². The van der Waals surface area contributed by atoms with Gasteiger partial charge in [0.2, 0.25) is 0 Å². The quantitative estimate of drug-likeness (QED) is 0.927. The zero-order chi connectivity index (χ0) is 13.5. The van der Waals surface area contributed by atoms with Crippen LogP contribution in [-0.4, -0.2) is 14.9 Å². The molecule has 2 unspecified atom stereocenters. The summed E-state index contributed by atoms with van der Waals surface area (Å²) in [5.41, 5.74) is 2.57. The highest BCUT2D eigenvalue weighted by molar-refractivity contribution is 8.00. The van der Waals surface area contributed by atoms with Gasteiger partial charge in [-0.15, -0.1) is 11.8 Å². The summed E-state index contributed by atoms with van der Waals surface area (Å²) in [6, 6.07) is 10.8. The minimum atomic E-state index is -0.246. The van der Waals surface area contributed by atoms with Crippen molar-refractivity contribution in [2.75, 3.05) is 0 Å². The molecule has 0 spiro atoms. The van der Waals surface area contributed by atoms with Crippen LogP contribution in [-0.2, 0) is 13.0 Å². The van der Waals surface area contributed by atoms with Crippen LogP contribution in [0.2, 0.25) is 0 Å². The molecule has 1 aliphatic carbocycles. The molecule has 0 saturated heterocycles. The van der Waals surface area contributed by atoms with Crippen molar-refractivity contribution in [2.45, 2.75) is 42.1 Å². The molecule has 1 saturated carbocycles. The second kappa shape index (κ2) is 4.97. The third-order valence-corrected chi connectivity index (χ3v) is 5.61. The Bertz CT molecular complexity index is 592. The topological polar surface area (TPSA) is 25.2 Å². The van der Waals surface area contributed by atoms with Crippen molar-refractivity contribution in [3.8, 4) is 0 Å². The predicted molar refractivity (Wildman–Crippen MR) is 81.9 cm³/mol. The zero-order valence-corrected chi connectivity index (χ0v) is 12.2. The molecule has 2 nitrogen and oxygen atoms in total. The van der Waals surface area contributed by atoms with Gasteiger partial charge in [-0.25, -0.2) is 0 Å². The van der Waals surface area contributed by atoms with Crippen molar-refractivity contribution in [3.05, 3.63) is 53.9 Å². The Hall–Kier alpha value is -1.19. The van der Waals surface area contributed by atoms with E-state index in [4.69, 9.17) is 0 Å². The number of aromatic nitrogens is 1. The number of rotatable bonds is 4. The summed E-state index contributed by atoms with van der Waals surface area (Å²) in [5, 5.41) is 10.8. The Labute approximate surface area is 123 Å². The van der Waals surface area contributed by atoms with E-state index in [2.05, 4.69) is 47.3 Å². The first kappa shape index (κ1) is 12.5. The van der Waals surface area contributed by atoms with Crippen LogP contribution in [0.25, 0.3) is 0 Å². The van der Waals surface area contributed by atoms with Gasteiger partial charge in [0.15, 0.2) is 0 Å². The lowest BCUT2D eigenvalue weighted by molar-refractivity contribution is 0.154. The highest BCUT2D eigenvalue weighted by atomic mass is 32.2. The highest BCUT2D eigenvalue weighted by Gasteiger charge is 2.31. The van der Waals surface area contributed by atoms with Crippen molar-refractivity contribution in [2.24, 2.45) is 5.92 Å².